The summed E-state index contributed by atoms with van der Waals surface area (Å²) in [6.45, 7) is 1.08. The van der Waals surface area contributed by atoms with E-state index in [1.807, 2.05) is 24.3 Å². The predicted octanol–water partition coefficient (Wildman–Crippen LogP) is 1.51. The summed E-state index contributed by atoms with van der Waals surface area (Å²) in [5.74, 6) is 0.985. The lowest BCUT2D eigenvalue weighted by Crippen LogP contribution is -2.34. The van der Waals surface area contributed by atoms with Crippen LogP contribution >= 0.6 is 0 Å². The van der Waals surface area contributed by atoms with Gasteiger partial charge in [-0.15, -0.1) is 0 Å². The van der Waals surface area contributed by atoms with Crippen LogP contribution < -0.4 is 16.2 Å². The third-order valence-electron chi connectivity index (χ3n) is 5.60. The molecular weight excluding hydrogens is 342 g/mol. The molecule has 2 aliphatic rings. The lowest BCUT2D eigenvalue weighted by molar-refractivity contribution is 0.0781. The molecule has 1 fully saturated rings. The highest BCUT2D eigenvalue weighted by Crippen LogP contribution is 2.30. The maximum atomic E-state index is 13.2. The first kappa shape index (κ1) is 17.7. The van der Waals surface area contributed by atoms with Gasteiger partial charge in [-0.1, -0.05) is 12.1 Å². The molecule has 27 heavy (non-hydrogen) atoms. The summed E-state index contributed by atoms with van der Waals surface area (Å²) in [6, 6.07) is 7.77. The number of nitrogen functional groups attached to an aromatic ring is 1. The Labute approximate surface area is 158 Å². The van der Waals surface area contributed by atoms with Crippen LogP contribution in [-0.4, -0.2) is 47.0 Å². The number of nitrogens with two attached hydrogens (primary N) is 2. The smallest absolute Gasteiger partial charge is 0.273 e. The van der Waals surface area contributed by atoms with Gasteiger partial charge in [0.1, 0.15) is 11.4 Å². The number of hydrogen-bond donors (Lipinski definition) is 2. The van der Waals surface area contributed by atoms with Crippen molar-refractivity contribution in [3.63, 3.8) is 0 Å². The second-order valence-electron chi connectivity index (χ2n) is 7.32. The number of anilines is 1. The number of carbonyl (C=O) groups is 1. The summed E-state index contributed by atoms with van der Waals surface area (Å²) in [4.78, 5) is 23.6. The summed E-state index contributed by atoms with van der Waals surface area (Å²) in [5, 5.41) is 0. The zero-order valence-electron chi connectivity index (χ0n) is 15.5. The van der Waals surface area contributed by atoms with E-state index < -0.39 is 0 Å². The summed E-state index contributed by atoms with van der Waals surface area (Å²) >= 11 is 0. The van der Waals surface area contributed by atoms with E-state index in [0.29, 0.717) is 18.8 Å². The van der Waals surface area contributed by atoms with Gasteiger partial charge < -0.3 is 21.1 Å². The molecular formula is C20H25N5O2. The molecule has 1 aliphatic carbocycles. The van der Waals surface area contributed by atoms with Gasteiger partial charge in [0.25, 0.3) is 5.91 Å². The highest BCUT2D eigenvalue weighted by Gasteiger charge is 2.36. The third kappa shape index (κ3) is 3.35. The minimum Gasteiger partial charge on any atom is -0.497 e. The van der Waals surface area contributed by atoms with Crippen molar-refractivity contribution in [3.8, 4) is 5.75 Å². The van der Waals surface area contributed by atoms with Crippen LogP contribution in [0.25, 0.3) is 0 Å². The number of rotatable bonds is 3. The first-order valence-electron chi connectivity index (χ1n) is 9.41. The number of amides is 1. The standard InChI is InChI=1S/C20H25N5O2/c1-27-13-8-6-12(7-9-13)15-10-25(11-16(15)21)19(26)18-14-4-2-3-5-17(14)23-20(22)24-18/h6-9,15-16H,2-5,10-11,21H2,1H3,(H2,22,23,24)/t15-,16+/m1/s1. The number of aromatic nitrogens is 2. The number of nitrogens with zero attached hydrogens (tertiary/aromatic N) is 3. The Bertz CT molecular complexity index is 852. The summed E-state index contributed by atoms with van der Waals surface area (Å²) in [6.07, 6.45) is 3.81. The van der Waals surface area contributed by atoms with Gasteiger partial charge in [-0.3, -0.25) is 4.79 Å². The lowest BCUT2D eigenvalue weighted by atomic mass is 9.94. The molecule has 0 unspecified atom stereocenters. The molecule has 7 nitrogen and oxygen atoms in total. The normalized spacial score (nSPS) is 21.8. The number of aryl methyl sites for hydroxylation is 1. The molecule has 0 saturated carbocycles. The number of carbonyl (C=O) groups excluding carboxylic acids is 1. The minimum atomic E-state index is -0.114. The Morgan fingerprint density at radius 3 is 2.63 bits per heavy atom. The molecule has 7 heteroatoms. The molecule has 0 bridgehead atoms. The van der Waals surface area contributed by atoms with Crippen molar-refractivity contribution < 1.29 is 9.53 Å². The zero-order chi connectivity index (χ0) is 19.0. The monoisotopic (exact) mass is 367 g/mol. The van der Waals surface area contributed by atoms with E-state index in [-0.39, 0.29) is 23.8 Å². The largest absolute Gasteiger partial charge is 0.497 e. The van der Waals surface area contributed by atoms with E-state index in [1.165, 1.54) is 0 Å². The van der Waals surface area contributed by atoms with Crippen LogP contribution in [0.1, 0.15) is 46.1 Å². The first-order valence-corrected chi connectivity index (χ1v) is 9.41. The van der Waals surface area contributed by atoms with Crippen LogP contribution in [0.5, 0.6) is 5.75 Å². The maximum Gasteiger partial charge on any atom is 0.273 e. The van der Waals surface area contributed by atoms with Crippen LogP contribution in [0.2, 0.25) is 0 Å². The molecule has 1 aromatic carbocycles. The number of likely N-dealkylation sites (tertiary alicyclic amines) is 1. The van der Waals surface area contributed by atoms with Gasteiger partial charge in [-0.25, -0.2) is 9.97 Å². The Balaban J connectivity index is 1.58. The van der Waals surface area contributed by atoms with Gasteiger partial charge >= 0.3 is 0 Å². The van der Waals surface area contributed by atoms with Crippen LogP contribution in [-0.2, 0) is 12.8 Å². The Morgan fingerprint density at radius 2 is 1.89 bits per heavy atom. The minimum absolute atomic E-state index is 0.0892. The van der Waals surface area contributed by atoms with Crippen molar-refractivity contribution in [2.75, 3.05) is 25.9 Å². The molecule has 142 valence electrons. The van der Waals surface area contributed by atoms with Crippen LogP contribution in [0, 0.1) is 0 Å². The van der Waals surface area contributed by atoms with Gasteiger partial charge in [0.05, 0.1) is 7.11 Å². The predicted molar refractivity (Wildman–Crippen MR) is 103 cm³/mol. The van der Waals surface area contributed by atoms with Crippen molar-refractivity contribution in [2.24, 2.45) is 5.73 Å². The van der Waals surface area contributed by atoms with E-state index in [2.05, 4.69) is 9.97 Å². The molecule has 4 N–H and O–H groups in total. The summed E-state index contributed by atoms with van der Waals surface area (Å²) in [7, 11) is 1.64. The highest BCUT2D eigenvalue weighted by atomic mass is 16.5. The second-order valence-corrected chi connectivity index (χ2v) is 7.32. The SMILES string of the molecule is COc1ccc([C@H]2CN(C(=O)c3nc(N)nc4c3CCCC4)C[C@@H]2N)cc1. The number of methoxy groups -OCH3 is 1. The molecule has 0 radical (unpaired) electrons. The van der Waals surface area contributed by atoms with Crippen molar-refractivity contribution in [1.82, 2.24) is 14.9 Å². The lowest BCUT2D eigenvalue weighted by Gasteiger charge is -2.21. The van der Waals surface area contributed by atoms with Crippen molar-refractivity contribution in [3.05, 3.63) is 46.8 Å². The fraction of sp³-hybridized carbons (Fsp3) is 0.450. The quantitative estimate of drug-likeness (QED) is 0.851. The fourth-order valence-corrected chi connectivity index (χ4v) is 4.14. The van der Waals surface area contributed by atoms with Crippen LogP contribution in [0.4, 0.5) is 5.95 Å². The molecule has 1 aromatic heterocycles. The number of benzene rings is 1. The third-order valence-corrected chi connectivity index (χ3v) is 5.60. The molecule has 1 saturated heterocycles. The molecule has 1 amide bonds. The zero-order valence-corrected chi connectivity index (χ0v) is 15.5. The first-order chi connectivity index (χ1) is 13.1. The Morgan fingerprint density at radius 1 is 1.15 bits per heavy atom. The molecule has 4 rings (SSSR count). The molecule has 2 heterocycles. The molecule has 0 spiro atoms. The number of ether oxygens (including phenoxy) is 1. The number of fused-ring (bicyclic) bond motifs is 1. The van der Waals surface area contributed by atoms with E-state index in [9.17, 15) is 4.79 Å². The van der Waals surface area contributed by atoms with E-state index in [0.717, 1.165) is 48.3 Å². The molecule has 2 aromatic rings. The van der Waals surface area contributed by atoms with Gasteiger partial charge in [-0.2, -0.15) is 0 Å². The molecule has 2 atom stereocenters. The fourth-order valence-electron chi connectivity index (χ4n) is 4.14. The van der Waals surface area contributed by atoms with Crippen LogP contribution in [0.15, 0.2) is 24.3 Å². The van der Waals surface area contributed by atoms with Crippen molar-refractivity contribution in [2.45, 2.75) is 37.6 Å². The van der Waals surface area contributed by atoms with Crippen molar-refractivity contribution in [1.29, 1.82) is 0 Å². The van der Waals surface area contributed by atoms with E-state index in [1.54, 1.807) is 12.0 Å². The topological polar surface area (TPSA) is 107 Å². The average molecular weight is 367 g/mol. The summed E-state index contributed by atoms with van der Waals surface area (Å²) in [5.41, 5.74) is 15.7. The summed E-state index contributed by atoms with van der Waals surface area (Å²) < 4.78 is 5.22. The highest BCUT2D eigenvalue weighted by molar-refractivity contribution is 5.94. The van der Waals surface area contributed by atoms with E-state index in [4.69, 9.17) is 16.2 Å². The number of hydrogen-bond acceptors (Lipinski definition) is 6. The van der Waals surface area contributed by atoms with E-state index >= 15 is 0 Å². The maximum absolute atomic E-state index is 13.2. The van der Waals surface area contributed by atoms with Crippen LogP contribution in [0.3, 0.4) is 0 Å². The van der Waals surface area contributed by atoms with Gasteiger partial charge in [0.15, 0.2) is 0 Å². The van der Waals surface area contributed by atoms with Gasteiger partial charge in [0.2, 0.25) is 5.95 Å². The molecule has 1 aliphatic heterocycles. The Hall–Kier alpha value is -2.67. The average Bonchev–Trinajstić information content (AvgIpc) is 3.08. The van der Waals surface area contributed by atoms with Gasteiger partial charge in [-0.05, 0) is 43.4 Å². The second kappa shape index (κ2) is 7.15. The van der Waals surface area contributed by atoms with Gasteiger partial charge in [0, 0.05) is 36.3 Å². The Kier molecular flexibility index (Phi) is 4.70. The van der Waals surface area contributed by atoms with Crippen molar-refractivity contribution >= 4 is 11.9 Å².